The van der Waals surface area contributed by atoms with Gasteiger partial charge in [-0.05, 0) is 42.9 Å². The van der Waals surface area contributed by atoms with E-state index in [4.69, 9.17) is 0 Å². The SMILES string of the molecule is CN([C@H]1C[C@@H]2C=C[C@@H]1C2)S(=O)(=O)c1cc(C(F)(F)F)cc(C(F)(F)F)c1. The van der Waals surface area contributed by atoms with Gasteiger partial charge in [-0.2, -0.15) is 30.6 Å². The maximum Gasteiger partial charge on any atom is 0.416 e. The molecule has 2 bridgehead atoms. The Bertz CT molecular complexity index is 811. The third kappa shape index (κ3) is 3.36. The van der Waals surface area contributed by atoms with Crippen molar-refractivity contribution in [2.75, 3.05) is 7.05 Å². The van der Waals surface area contributed by atoms with Crippen LogP contribution in [-0.4, -0.2) is 25.8 Å². The summed E-state index contributed by atoms with van der Waals surface area (Å²) in [5.41, 5.74) is -3.29. The number of halogens is 6. The molecule has 0 N–H and O–H groups in total. The van der Waals surface area contributed by atoms with Gasteiger partial charge in [-0.3, -0.25) is 0 Å². The minimum Gasteiger partial charge on any atom is -0.207 e. The van der Waals surface area contributed by atoms with Gasteiger partial charge in [0, 0.05) is 13.1 Å². The van der Waals surface area contributed by atoms with E-state index in [1.807, 2.05) is 12.2 Å². The lowest BCUT2D eigenvalue weighted by atomic mass is 10.0. The number of fused-ring (bicyclic) bond motifs is 2. The first-order valence-electron chi connectivity index (χ1n) is 7.76. The number of rotatable bonds is 3. The molecule has 1 aromatic carbocycles. The molecule has 0 heterocycles. The minimum absolute atomic E-state index is 0.0762. The van der Waals surface area contributed by atoms with Crippen LogP contribution >= 0.6 is 0 Å². The monoisotopic (exact) mass is 399 g/mol. The van der Waals surface area contributed by atoms with Crippen LogP contribution in [0.4, 0.5) is 26.3 Å². The van der Waals surface area contributed by atoms with Crippen molar-refractivity contribution >= 4 is 10.0 Å². The van der Waals surface area contributed by atoms with E-state index in [-0.39, 0.29) is 30.0 Å². The molecule has 1 aromatic rings. The molecule has 0 unspecified atom stereocenters. The van der Waals surface area contributed by atoms with Crippen LogP contribution in [0.15, 0.2) is 35.2 Å². The molecule has 144 valence electrons. The topological polar surface area (TPSA) is 37.4 Å². The predicted molar refractivity (Wildman–Crippen MR) is 80.5 cm³/mol. The molecular formula is C16H15F6NO2S. The summed E-state index contributed by atoms with van der Waals surface area (Å²) in [6.45, 7) is 0. The highest BCUT2D eigenvalue weighted by Crippen LogP contribution is 2.43. The largest absolute Gasteiger partial charge is 0.416 e. The zero-order chi connectivity index (χ0) is 19.5. The van der Waals surface area contributed by atoms with Crippen molar-refractivity contribution in [3.63, 3.8) is 0 Å². The number of hydrogen-bond donors (Lipinski definition) is 0. The van der Waals surface area contributed by atoms with Crippen LogP contribution < -0.4 is 0 Å². The third-order valence-electron chi connectivity index (χ3n) is 4.95. The summed E-state index contributed by atoms with van der Waals surface area (Å²) in [5.74, 6) is 0.113. The molecular weight excluding hydrogens is 384 g/mol. The molecule has 2 aliphatic carbocycles. The molecule has 0 saturated heterocycles. The number of sulfonamides is 1. The zero-order valence-corrected chi connectivity index (χ0v) is 14.3. The van der Waals surface area contributed by atoms with Gasteiger partial charge in [0.2, 0.25) is 10.0 Å². The second-order valence-electron chi connectivity index (χ2n) is 6.61. The van der Waals surface area contributed by atoms with Crippen molar-refractivity contribution in [1.82, 2.24) is 4.31 Å². The molecule has 3 rings (SSSR count). The van der Waals surface area contributed by atoms with E-state index >= 15 is 0 Å². The molecule has 1 fully saturated rings. The zero-order valence-electron chi connectivity index (χ0n) is 13.5. The Balaban J connectivity index is 2.05. The summed E-state index contributed by atoms with van der Waals surface area (Å²) in [6.07, 6.45) is -5.16. The number of alkyl halides is 6. The first-order chi connectivity index (χ1) is 11.8. The second-order valence-corrected chi connectivity index (χ2v) is 8.61. The summed E-state index contributed by atoms with van der Waals surface area (Å²) < 4.78 is 104. The molecule has 10 heteroatoms. The maximum absolute atomic E-state index is 13.0. The maximum atomic E-state index is 13.0. The molecule has 3 atom stereocenters. The smallest absolute Gasteiger partial charge is 0.207 e. The van der Waals surface area contributed by atoms with Gasteiger partial charge in [0.05, 0.1) is 16.0 Å². The van der Waals surface area contributed by atoms with Crippen LogP contribution in [0.25, 0.3) is 0 Å². The second kappa shape index (κ2) is 5.98. The summed E-state index contributed by atoms with van der Waals surface area (Å²) in [6, 6.07) is -0.0491. The predicted octanol–water partition coefficient (Wildman–Crippen LogP) is 4.31. The summed E-state index contributed by atoms with van der Waals surface area (Å²) in [5, 5.41) is 0. The van der Waals surface area contributed by atoms with Crippen molar-refractivity contribution in [3.8, 4) is 0 Å². The van der Waals surface area contributed by atoms with E-state index < -0.39 is 44.4 Å². The molecule has 0 amide bonds. The summed E-state index contributed by atoms with van der Waals surface area (Å²) in [7, 11) is -3.31. The summed E-state index contributed by atoms with van der Waals surface area (Å²) >= 11 is 0. The Hall–Kier alpha value is -1.55. The Morgan fingerprint density at radius 2 is 1.46 bits per heavy atom. The van der Waals surface area contributed by atoms with Gasteiger partial charge >= 0.3 is 12.4 Å². The van der Waals surface area contributed by atoms with Crippen LogP contribution in [0, 0.1) is 11.8 Å². The van der Waals surface area contributed by atoms with Crippen molar-refractivity contribution < 1.29 is 34.8 Å². The average molecular weight is 399 g/mol. The fourth-order valence-electron chi connectivity index (χ4n) is 3.59. The van der Waals surface area contributed by atoms with Crippen LogP contribution in [0.1, 0.15) is 24.0 Å². The van der Waals surface area contributed by atoms with E-state index in [0.717, 1.165) is 10.7 Å². The Morgan fingerprint density at radius 3 is 1.85 bits per heavy atom. The molecule has 2 aliphatic rings. The van der Waals surface area contributed by atoms with Gasteiger partial charge in [0.25, 0.3) is 0 Å². The minimum atomic E-state index is -5.10. The molecule has 1 saturated carbocycles. The van der Waals surface area contributed by atoms with Crippen molar-refractivity contribution in [3.05, 3.63) is 41.5 Å². The lowest BCUT2D eigenvalue weighted by Crippen LogP contribution is -2.39. The van der Waals surface area contributed by atoms with Crippen LogP contribution in [0.3, 0.4) is 0 Å². The van der Waals surface area contributed by atoms with E-state index in [1.165, 1.54) is 7.05 Å². The highest BCUT2D eigenvalue weighted by Gasteiger charge is 2.43. The quantitative estimate of drug-likeness (QED) is 0.561. The molecule has 0 aromatic heterocycles. The van der Waals surface area contributed by atoms with Crippen LogP contribution in [-0.2, 0) is 22.4 Å². The highest BCUT2D eigenvalue weighted by atomic mass is 32.2. The number of allylic oxidation sites excluding steroid dienone is 1. The van der Waals surface area contributed by atoms with Crippen molar-refractivity contribution in [1.29, 1.82) is 0 Å². The van der Waals surface area contributed by atoms with E-state index in [1.54, 1.807) is 0 Å². The van der Waals surface area contributed by atoms with Crippen LogP contribution in [0.5, 0.6) is 0 Å². The lowest BCUT2D eigenvalue weighted by Gasteiger charge is -2.29. The van der Waals surface area contributed by atoms with Gasteiger partial charge in [-0.1, -0.05) is 12.2 Å². The standard InChI is InChI=1S/C16H15F6NO2S/c1-23(14-5-9-2-3-10(14)4-9)26(24,25)13-7-11(15(17,18)19)6-12(8-13)16(20,21)22/h2-3,6-10,14H,4-5H2,1H3/t9-,10-,14+/m1/s1. The molecule has 26 heavy (non-hydrogen) atoms. The van der Waals surface area contributed by atoms with Gasteiger partial charge in [0.15, 0.2) is 0 Å². The number of benzene rings is 1. The molecule has 0 aliphatic heterocycles. The molecule has 0 spiro atoms. The average Bonchev–Trinajstić information content (AvgIpc) is 3.15. The van der Waals surface area contributed by atoms with Crippen LogP contribution in [0.2, 0.25) is 0 Å². The fraction of sp³-hybridized carbons (Fsp3) is 0.500. The molecule has 3 nitrogen and oxygen atoms in total. The van der Waals surface area contributed by atoms with Gasteiger partial charge < -0.3 is 0 Å². The highest BCUT2D eigenvalue weighted by molar-refractivity contribution is 7.89. The first kappa shape index (κ1) is 19.2. The van der Waals surface area contributed by atoms with Crippen molar-refractivity contribution in [2.24, 2.45) is 11.8 Å². The Labute approximate surface area is 146 Å². The van der Waals surface area contributed by atoms with Gasteiger partial charge in [0.1, 0.15) is 0 Å². The third-order valence-corrected chi connectivity index (χ3v) is 6.81. The molecule has 0 radical (unpaired) electrons. The Kier molecular flexibility index (Phi) is 4.42. The number of nitrogens with zero attached hydrogens (tertiary/aromatic N) is 1. The van der Waals surface area contributed by atoms with E-state index in [0.29, 0.717) is 6.42 Å². The van der Waals surface area contributed by atoms with Crippen molar-refractivity contribution in [2.45, 2.75) is 36.1 Å². The number of hydrogen-bond acceptors (Lipinski definition) is 2. The fourth-order valence-corrected chi connectivity index (χ4v) is 5.07. The normalized spacial score (nSPS) is 26.1. The first-order valence-corrected chi connectivity index (χ1v) is 9.20. The summed E-state index contributed by atoms with van der Waals surface area (Å²) in [4.78, 5) is -1.01. The van der Waals surface area contributed by atoms with E-state index in [9.17, 15) is 34.8 Å². The van der Waals surface area contributed by atoms with E-state index in [2.05, 4.69) is 0 Å². The van der Waals surface area contributed by atoms with Gasteiger partial charge in [-0.25, -0.2) is 8.42 Å². The van der Waals surface area contributed by atoms with Gasteiger partial charge in [-0.15, -0.1) is 0 Å². The lowest BCUT2D eigenvalue weighted by molar-refractivity contribution is -0.143. The Morgan fingerprint density at radius 1 is 0.923 bits per heavy atom.